The van der Waals surface area contributed by atoms with E-state index in [9.17, 15) is 0 Å². The van der Waals surface area contributed by atoms with E-state index in [0.717, 1.165) is 44.5 Å². The molecule has 100 valence electrons. The monoisotopic (exact) mass is 249 g/mol. The molecule has 0 atom stereocenters. The summed E-state index contributed by atoms with van der Waals surface area (Å²) in [7, 11) is 0. The molecule has 0 saturated heterocycles. The number of nitrogens with one attached hydrogen (secondary N) is 1. The van der Waals surface area contributed by atoms with Gasteiger partial charge in [0.05, 0.1) is 12.7 Å². The first-order valence-electron chi connectivity index (χ1n) is 6.77. The van der Waals surface area contributed by atoms with Gasteiger partial charge in [-0.25, -0.2) is 0 Å². The zero-order chi connectivity index (χ0) is 12.8. The molecule has 0 radical (unpaired) electrons. The zero-order valence-electron chi connectivity index (χ0n) is 11.1. The summed E-state index contributed by atoms with van der Waals surface area (Å²) in [6.07, 6.45) is 8.49. The molecule has 2 rings (SSSR count). The number of hydrogen-bond acceptors (Lipinski definition) is 4. The average molecular weight is 249 g/mol. The molecule has 0 amide bonds. The quantitative estimate of drug-likeness (QED) is 0.784. The fraction of sp³-hybridized carbons (Fsp3) is 0.643. The summed E-state index contributed by atoms with van der Waals surface area (Å²) in [4.78, 5) is 4.07. The molecule has 3 N–H and O–H groups in total. The first-order chi connectivity index (χ1) is 8.75. The molecule has 4 heteroatoms. The normalized spacial score (nSPS) is 23.9. The number of nitrogens with two attached hydrogens (primary N) is 1. The molecule has 1 aliphatic carbocycles. The number of hydrogen-bond donors (Lipinski definition) is 2. The minimum absolute atomic E-state index is 0.391. The molecule has 0 unspecified atom stereocenters. The van der Waals surface area contributed by atoms with Crippen LogP contribution in [0.25, 0.3) is 0 Å². The maximum atomic E-state index is 5.87. The molecule has 1 aliphatic rings. The number of aromatic nitrogens is 1. The van der Waals surface area contributed by atoms with Crippen molar-refractivity contribution in [1.29, 1.82) is 0 Å². The van der Waals surface area contributed by atoms with E-state index in [1.807, 2.05) is 12.3 Å². The third kappa shape index (κ3) is 3.96. The lowest BCUT2D eigenvalue weighted by molar-refractivity contribution is 0.0313. The third-order valence-corrected chi connectivity index (χ3v) is 3.51. The fourth-order valence-corrected chi connectivity index (χ4v) is 2.34. The van der Waals surface area contributed by atoms with E-state index >= 15 is 0 Å². The number of aryl methyl sites for hydroxylation is 1. The second kappa shape index (κ2) is 6.71. The van der Waals surface area contributed by atoms with Crippen LogP contribution in [0.4, 0.5) is 5.69 Å². The van der Waals surface area contributed by atoms with Gasteiger partial charge in [-0.3, -0.25) is 4.98 Å². The lowest BCUT2D eigenvalue weighted by atomic mass is 9.94. The van der Waals surface area contributed by atoms with Gasteiger partial charge in [-0.2, -0.15) is 0 Å². The number of nitrogens with zero attached hydrogens (tertiary/aromatic N) is 1. The maximum Gasteiger partial charge on any atom is 0.0642 e. The van der Waals surface area contributed by atoms with Gasteiger partial charge in [0, 0.05) is 30.7 Å². The summed E-state index contributed by atoms with van der Waals surface area (Å²) < 4.78 is 5.86. The number of rotatable bonds is 5. The van der Waals surface area contributed by atoms with Gasteiger partial charge in [0.2, 0.25) is 0 Å². The Morgan fingerprint density at radius 3 is 2.89 bits per heavy atom. The van der Waals surface area contributed by atoms with Gasteiger partial charge in [0.1, 0.15) is 0 Å². The maximum absolute atomic E-state index is 5.87. The zero-order valence-corrected chi connectivity index (χ0v) is 11.1. The molecule has 0 aromatic carbocycles. The van der Waals surface area contributed by atoms with E-state index in [4.69, 9.17) is 10.5 Å². The van der Waals surface area contributed by atoms with Crippen molar-refractivity contribution in [3.63, 3.8) is 0 Å². The van der Waals surface area contributed by atoms with Crippen molar-refractivity contribution in [3.8, 4) is 0 Å². The predicted octanol–water partition coefficient (Wildman–Crippen LogP) is 2.09. The second-order valence-electron chi connectivity index (χ2n) is 5.02. The van der Waals surface area contributed by atoms with Crippen LogP contribution in [-0.2, 0) is 4.74 Å². The summed E-state index contributed by atoms with van der Waals surface area (Å²) in [6.45, 7) is 3.65. The highest BCUT2D eigenvalue weighted by molar-refractivity contribution is 5.48. The van der Waals surface area contributed by atoms with Crippen LogP contribution < -0.4 is 11.1 Å². The Morgan fingerprint density at radius 1 is 1.39 bits per heavy atom. The third-order valence-electron chi connectivity index (χ3n) is 3.51. The number of ether oxygens (including phenoxy) is 1. The topological polar surface area (TPSA) is 60.2 Å². The second-order valence-corrected chi connectivity index (χ2v) is 5.02. The van der Waals surface area contributed by atoms with Gasteiger partial charge in [0.15, 0.2) is 0 Å². The summed E-state index contributed by atoms with van der Waals surface area (Å²) in [5.41, 5.74) is 8.18. The molecule has 1 heterocycles. The van der Waals surface area contributed by atoms with Crippen molar-refractivity contribution >= 4 is 5.69 Å². The molecule has 18 heavy (non-hydrogen) atoms. The Hall–Kier alpha value is -1.13. The van der Waals surface area contributed by atoms with E-state index in [1.165, 1.54) is 5.56 Å². The van der Waals surface area contributed by atoms with Crippen LogP contribution in [0.15, 0.2) is 18.5 Å². The van der Waals surface area contributed by atoms with Gasteiger partial charge in [0.25, 0.3) is 0 Å². The van der Waals surface area contributed by atoms with E-state index in [2.05, 4.69) is 17.2 Å². The van der Waals surface area contributed by atoms with Gasteiger partial charge < -0.3 is 15.8 Å². The molecule has 1 aromatic heterocycles. The molecular formula is C14H23N3O. The fourth-order valence-electron chi connectivity index (χ4n) is 2.34. The Bertz CT molecular complexity index is 362. The highest BCUT2D eigenvalue weighted by Gasteiger charge is 2.18. The largest absolute Gasteiger partial charge is 0.382 e. The summed E-state index contributed by atoms with van der Waals surface area (Å²) in [6, 6.07) is 2.39. The Balaban J connectivity index is 1.63. The average Bonchev–Trinajstić information content (AvgIpc) is 2.39. The Morgan fingerprint density at radius 2 is 2.17 bits per heavy atom. The lowest BCUT2D eigenvalue weighted by Gasteiger charge is -2.26. The van der Waals surface area contributed by atoms with Crippen LogP contribution in [-0.4, -0.2) is 30.3 Å². The van der Waals surface area contributed by atoms with Gasteiger partial charge >= 0.3 is 0 Å². The summed E-state index contributed by atoms with van der Waals surface area (Å²) in [5.74, 6) is 0. The van der Waals surface area contributed by atoms with Crippen molar-refractivity contribution in [1.82, 2.24) is 4.98 Å². The molecule has 1 saturated carbocycles. The lowest BCUT2D eigenvalue weighted by Crippen LogP contribution is -2.31. The SMILES string of the molecule is Cc1cnccc1NCCOC1CCC(N)CC1. The van der Waals surface area contributed by atoms with Crippen molar-refractivity contribution in [2.75, 3.05) is 18.5 Å². The molecule has 0 bridgehead atoms. The van der Waals surface area contributed by atoms with Crippen LogP contribution in [0.1, 0.15) is 31.2 Å². The Kier molecular flexibility index (Phi) is 4.96. The standard InChI is InChI=1S/C14H23N3O/c1-11-10-16-7-6-14(11)17-8-9-18-13-4-2-12(15)3-5-13/h6-7,10,12-13H,2-5,8-9,15H2,1H3,(H,16,17). The summed E-state index contributed by atoms with van der Waals surface area (Å²) in [5, 5.41) is 3.37. The van der Waals surface area contributed by atoms with Crippen molar-refractivity contribution in [2.45, 2.75) is 44.8 Å². The molecule has 4 nitrogen and oxygen atoms in total. The van der Waals surface area contributed by atoms with E-state index in [0.29, 0.717) is 12.1 Å². The van der Waals surface area contributed by atoms with E-state index < -0.39 is 0 Å². The van der Waals surface area contributed by atoms with Crippen LogP contribution >= 0.6 is 0 Å². The molecule has 0 aliphatic heterocycles. The highest BCUT2D eigenvalue weighted by atomic mass is 16.5. The minimum atomic E-state index is 0.391. The minimum Gasteiger partial charge on any atom is -0.382 e. The van der Waals surface area contributed by atoms with Crippen LogP contribution in [0, 0.1) is 6.92 Å². The van der Waals surface area contributed by atoms with Gasteiger partial charge in [-0.05, 0) is 44.2 Å². The molecule has 0 spiro atoms. The van der Waals surface area contributed by atoms with Crippen LogP contribution in [0.5, 0.6) is 0 Å². The van der Waals surface area contributed by atoms with Crippen LogP contribution in [0.2, 0.25) is 0 Å². The molecule has 1 aromatic rings. The highest BCUT2D eigenvalue weighted by Crippen LogP contribution is 2.19. The molecular weight excluding hydrogens is 226 g/mol. The van der Waals surface area contributed by atoms with Gasteiger partial charge in [-0.15, -0.1) is 0 Å². The van der Waals surface area contributed by atoms with Crippen molar-refractivity contribution in [2.24, 2.45) is 5.73 Å². The first kappa shape index (κ1) is 13.3. The summed E-state index contributed by atoms with van der Waals surface area (Å²) >= 11 is 0. The first-order valence-corrected chi connectivity index (χ1v) is 6.77. The number of pyridine rings is 1. The van der Waals surface area contributed by atoms with Crippen LogP contribution in [0.3, 0.4) is 0 Å². The van der Waals surface area contributed by atoms with Crippen molar-refractivity contribution < 1.29 is 4.74 Å². The van der Waals surface area contributed by atoms with Crippen molar-refractivity contribution in [3.05, 3.63) is 24.0 Å². The van der Waals surface area contributed by atoms with E-state index in [-0.39, 0.29) is 0 Å². The van der Waals surface area contributed by atoms with E-state index in [1.54, 1.807) is 6.20 Å². The number of anilines is 1. The van der Waals surface area contributed by atoms with Gasteiger partial charge in [-0.1, -0.05) is 0 Å². The Labute approximate surface area is 109 Å². The predicted molar refractivity (Wildman–Crippen MR) is 73.6 cm³/mol. The molecule has 1 fully saturated rings. The smallest absolute Gasteiger partial charge is 0.0642 e.